The van der Waals surface area contributed by atoms with Crippen LogP contribution < -0.4 is 16.0 Å². The Kier molecular flexibility index (Phi) is 6.87. The highest BCUT2D eigenvalue weighted by Gasteiger charge is 2.60. The number of phenols is 1. The number of amides is 2. The van der Waals surface area contributed by atoms with Crippen LogP contribution in [0.3, 0.4) is 0 Å². The second-order valence-electron chi connectivity index (χ2n) is 10.1. The number of carbonyl (C=O) groups excluding carboxylic acids is 4. The van der Waals surface area contributed by atoms with Crippen LogP contribution in [0.5, 0.6) is 5.75 Å². The summed E-state index contributed by atoms with van der Waals surface area (Å²) in [6.45, 7) is 2.11. The Morgan fingerprint density at radius 2 is 1.89 bits per heavy atom. The molecule has 0 radical (unpaired) electrons. The fourth-order valence-electron chi connectivity index (χ4n) is 5.62. The molecule has 0 heterocycles. The van der Waals surface area contributed by atoms with Gasteiger partial charge in [-0.1, -0.05) is 13.3 Å². The van der Waals surface area contributed by atoms with Crippen LogP contribution in [0.4, 0.5) is 16.2 Å². The van der Waals surface area contributed by atoms with E-state index in [1.165, 1.54) is 6.07 Å². The number of rotatable bonds is 6. The summed E-state index contributed by atoms with van der Waals surface area (Å²) in [4.78, 5) is 51.9. The molecule has 1 aromatic carbocycles. The van der Waals surface area contributed by atoms with Crippen molar-refractivity contribution < 1.29 is 44.3 Å². The van der Waals surface area contributed by atoms with E-state index in [-0.39, 0.29) is 36.3 Å². The number of hydrogen-bond acceptors (Lipinski definition) is 10. The van der Waals surface area contributed by atoms with Crippen molar-refractivity contribution >= 4 is 40.7 Å². The first kappa shape index (κ1) is 27.0. The minimum atomic E-state index is -2.64. The monoisotopic (exact) mass is 529 g/mol. The lowest BCUT2D eigenvalue weighted by atomic mass is 9.59. The number of nitrogens with one attached hydrogen (secondary N) is 1. The molecule has 4 rings (SSSR count). The Balaban J connectivity index is 1.85. The van der Waals surface area contributed by atoms with Crippen LogP contribution in [-0.2, 0) is 25.5 Å². The zero-order chi connectivity index (χ0) is 28.1. The highest BCUT2D eigenvalue weighted by atomic mass is 16.5. The number of aliphatic hydroxyl groups excluding tert-OH is 2. The molecule has 0 saturated heterocycles. The topological polar surface area (TPSA) is 200 Å². The number of ketones is 2. The molecule has 3 aliphatic rings. The van der Waals surface area contributed by atoms with E-state index in [4.69, 9.17) is 10.5 Å². The van der Waals surface area contributed by atoms with E-state index in [0.29, 0.717) is 17.7 Å². The van der Waals surface area contributed by atoms with Gasteiger partial charge in [-0.05, 0) is 36.8 Å². The first-order valence-corrected chi connectivity index (χ1v) is 12.3. The Morgan fingerprint density at radius 1 is 1.21 bits per heavy atom. The van der Waals surface area contributed by atoms with Crippen molar-refractivity contribution in [2.24, 2.45) is 17.6 Å². The molecular formula is C26H31N3O9. The molecular weight excluding hydrogens is 498 g/mol. The van der Waals surface area contributed by atoms with Gasteiger partial charge in [0.25, 0.3) is 5.91 Å². The summed E-state index contributed by atoms with van der Waals surface area (Å²) < 4.78 is 5.10. The first-order chi connectivity index (χ1) is 17.8. The van der Waals surface area contributed by atoms with E-state index >= 15 is 0 Å². The fourth-order valence-corrected chi connectivity index (χ4v) is 5.62. The predicted molar refractivity (Wildman–Crippen MR) is 136 cm³/mol. The lowest BCUT2D eigenvalue weighted by Gasteiger charge is -2.46. The van der Waals surface area contributed by atoms with Crippen molar-refractivity contribution in [3.05, 3.63) is 34.1 Å². The van der Waals surface area contributed by atoms with Gasteiger partial charge in [-0.3, -0.25) is 19.7 Å². The second-order valence-corrected chi connectivity index (χ2v) is 10.1. The smallest absolute Gasteiger partial charge is 0.411 e. The summed E-state index contributed by atoms with van der Waals surface area (Å²) in [5.74, 6) is -7.15. The minimum Gasteiger partial charge on any atom is -0.508 e. The van der Waals surface area contributed by atoms with Gasteiger partial charge in [-0.15, -0.1) is 0 Å². The largest absolute Gasteiger partial charge is 0.508 e. The summed E-state index contributed by atoms with van der Waals surface area (Å²) in [6, 6.07) is 1.52. The van der Waals surface area contributed by atoms with E-state index in [2.05, 4.69) is 5.32 Å². The van der Waals surface area contributed by atoms with Gasteiger partial charge in [0.05, 0.1) is 17.9 Å². The number of hydrogen-bond donors (Lipinski definition) is 6. The fraction of sp³-hybridized carbons (Fsp3) is 0.462. The van der Waals surface area contributed by atoms with E-state index in [1.807, 2.05) is 6.92 Å². The lowest BCUT2D eigenvalue weighted by molar-refractivity contribution is -0.147. The van der Waals surface area contributed by atoms with Crippen LogP contribution in [0.2, 0.25) is 0 Å². The molecule has 38 heavy (non-hydrogen) atoms. The zero-order valence-corrected chi connectivity index (χ0v) is 21.3. The SMILES string of the molecule is CCCCOC(=O)Nc1cc(N(C)C)c2c(c1O)C(O)=C1C(=O)[C@]3(O)C(O)=C(C(N)=O)C(=O)C[C@@H]3C[C@@H]1C2. The van der Waals surface area contributed by atoms with Gasteiger partial charge in [-0.25, -0.2) is 4.79 Å². The number of nitrogens with zero attached hydrogens (tertiary/aromatic N) is 1. The average molecular weight is 530 g/mol. The molecule has 0 aromatic heterocycles. The summed E-state index contributed by atoms with van der Waals surface area (Å²) >= 11 is 0. The van der Waals surface area contributed by atoms with Crippen LogP contribution in [0, 0.1) is 11.8 Å². The number of ether oxygens (including phenoxy) is 1. The summed E-state index contributed by atoms with van der Waals surface area (Å²) in [7, 11) is 3.45. The lowest BCUT2D eigenvalue weighted by Crippen LogP contribution is -2.58. The van der Waals surface area contributed by atoms with Gasteiger partial charge < -0.3 is 35.8 Å². The predicted octanol–water partition coefficient (Wildman–Crippen LogP) is 1.84. The van der Waals surface area contributed by atoms with Crippen molar-refractivity contribution in [1.29, 1.82) is 0 Å². The van der Waals surface area contributed by atoms with Crippen molar-refractivity contribution in [2.75, 3.05) is 30.9 Å². The van der Waals surface area contributed by atoms with Crippen LogP contribution in [0.15, 0.2) is 23.0 Å². The zero-order valence-electron chi connectivity index (χ0n) is 21.3. The normalized spacial score (nSPS) is 24.4. The molecule has 0 bridgehead atoms. The average Bonchev–Trinajstić information content (AvgIpc) is 2.82. The maximum Gasteiger partial charge on any atom is 0.411 e. The van der Waals surface area contributed by atoms with Gasteiger partial charge >= 0.3 is 6.09 Å². The Hall–Kier alpha value is -4.06. The number of carbonyl (C=O) groups is 4. The number of unbranched alkanes of at least 4 members (excludes halogenated alkanes) is 1. The number of nitrogens with two attached hydrogens (primary N) is 1. The summed E-state index contributed by atoms with van der Waals surface area (Å²) in [6.07, 6.45) is 0.433. The Labute approximate surface area is 218 Å². The van der Waals surface area contributed by atoms with Crippen LogP contribution in [-0.4, -0.2) is 70.3 Å². The Bertz CT molecular complexity index is 1310. The molecule has 7 N–H and O–H groups in total. The molecule has 3 atom stereocenters. The van der Waals surface area contributed by atoms with E-state index in [1.54, 1.807) is 19.0 Å². The summed E-state index contributed by atoms with van der Waals surface area (Å²) in [5.41, 5.74) is 2.30. The van der Waals surface area contributed by atoms with Crippen LogP contribution in [0.1, 0.15) is 43.7 Å². The van der Waals surface area contributed by atoms with Gasteiger partial charge in [0.15, 0.2) is 17.1 Å². The quantitative estimate of drug-likeness (QED) is 0.179. The van der Waals surface area contributed by atoms with Gasteiger partial charge in [0.1, 0.15) is 17.1 Å². The standard InChI is InChI=1S/C26H31N3O9/c1-4-5-6-38-25(36)28-14-10-15(29(2)3)13-8-11-7-12-9-16(30)19(24(27)35)23(34)26(12,37)22(33)17(11)21(32)18(13)20(14)31/h10-12,31-32,34,37H,4-9H2,1-3H3,(H2,27,35)(H,28,36)/t11-,12+,26+/m1/s1. The highest BCUT2D eigenvalue weighted by molar-refractivity contribution is 6.22. The van der Waals surface area contributed by atoms with E-state index in [0.717, 1.165) is 6.42 Å². The Morgan fingerprint density at radius 3 is 2.50 bits per heavy atom. The van der Waals surface area contributed by atoms with Gasteiger partial charge in [0.2, 0.25) is 5.78 Å². The number of benzene rings is 1. The molecule has 3 aliphatic carbocycles. The molecule has 1 fully saturated rings. The molecule has 0 spiro atoms. The molecule has 0 aliphatic heterocycles. The van der Waals surface area contributed by atoms with E-state index in [9.17, 15) is 39.6 Å². The number of phenolic OH excluding ortho intramolecular Hbond substituents is 1. The van der Waals surface area contributed by atoms with E-state index < -0.39 is 70.3 Å². The third-order valence-electron chi connectivity index (χ3n) is 7.49. The second kappa shape index (κ2) is 9.67. The molecule has 12 nitrogen and oxygen atoms in total. The third kappa shape index (κ3) is 4.05. The minimum absolute atomic E-state index is 0.0281. The molecule has 1 aromatic rings. The third-order valence-corrected chi connectivity index (χ3v) is 7.49. The number of anilines is 2. The van der Waals surface area contributed by atoms with Gasteiger partial charge in [0, 0.05) is 37.7 Å². The molecule has 12 heteroatoms. The maximum absolute atomic E-state index is 13.7. The summed E-state index contributed by atoms with van der Waals surface area (Å²) in [5, 5.41) is 46.9. The van der Waals surface area contributed by atoms with Crippen molar-refractivity contribution in [3.63, 3.8) is 0 Å². The number of Topliss-reactive ketones (excluding diaryl/α,β-unsaturated/α-hetero) is 2. The van der Waals surface area contributed by atoms with Crippen molar-refractivity contribution in [2.45, 2.75) is 44.6 Å². The van der Waals surface area contributed by atoms with Crippen LogP contribution >= 0.6 is 0 Å². The molecule has 2 amide bonds. The first-order valence-electron chi connectivity index (χ1n) is 12.3. The molecule has 204 valence electrons. The van der Waals surface area contributed by atoms with Gasteiger partial charge in [-0.2, -0.15) is 0 Å². The number of aromatic hydroxyl groups is 1. The molecule has 0 unspecified atom stereocenters. The number of aliphatic hydroxyl groups is 3. The maximum atomic E-state index is 13.7. The highest BCUT2D eigenvalue weighted by Crippen LogP contribution is 2.54. The van der Waals surface area contributed by atoms with Crippen molar-refractivity contribution in [3.8, 4) is 5.75 Å². The van der Waals surface area contributed by atoms with Crippen molar-refractivity contribution in [1.82, 2.24) is 0 Å². The number of fused-ring (bicyclic) bond motifs is 3. The molecule has 1 saturated carbocycles. The number of primary amides is 1. The van der Waals surface area contributed by atoms with Crippen LogP contribution in [0.25, 0.3) is 5.76 Å².